The van der Waals surface area contributed by atoms with Gasteiger partial charge < -0.3 is 14.7 Å². The quantitative estimate of drug-likeness (QED) is 0.748. The summed E-state index contributed by atoms with van der Waals surface area (Å²) >= 11 is 4.98. The van der Waals surface area contributed by atoms with E-state index in [1.165, 1.54) is 11.3 Å². The number of carbonyl (C=O) groups excluding carboxylic acids is 1. The summed E-state index contributed by atoms with van der Waals surface area (Å²) in [6.45, 7) is 7.15. The zero-order valence-electron chi connectivity index (χ0n) is 14.3. The van der Waals surface area contributed by atoms with E-state index in [0.29, 0.717) is 0 Å². The maximum Gasteiger partial charge on any atom is 0.410 e. The van der Waals surface area contributed by atoms with Gasteiger partial charge in [-0.2, -0.15) is 0 Å². The summed E-state index contributed by atoms with van der Waals surface area (Å²) in [4.78, 5) is 21.1. The van der Waals surface area contributed by atoms with Gasteiger partial charge in [0.2, 0.25) is 0 Å². The Morgan fingerprint density at radius 1 is 1.36 bits per heavy atom. The van der Waals surface area contributed by atoms with Crippen molar-refractivity contribution in [3.63, 3.8) is 0 Å². The fourth-order valence-corrected chi connectivity index (χ4v) is 5.04. The van der Waals surface area contributed by atoms with Gasteiger partial charge in [0, 0.05) is 17.6 Å². The summed E-state index contributed by atoms with van der Waals surface area (Å²) < 4.78 is 7.17. The maximum absolute atomic E-state index is 12.4. The number of nitrogens with zero attached hydrogens (tertiary/aromatic N) is 3. The largest absolute Gasteiger partial charge is 0.506 e. The van der Waals surface area contributed by atoms with E-state index in [9.17, 15) is 9.90 Å². The topological polar surface area (TPSA) is 65.9 Å². The van der Waals surface area contributed by atoms with Crippen LogP contribution < -0.4 is 4.90 Å². The molecule has 3 aliphatic heterocycles. The van der Waals surface area contributed by atoms with Gasteiger partial charge in [0.25, 0.3) is 0 Å². The summed E-state index contributed by atoms with van der Waals surface area (Å²) in [6, 6.07) is 3.81. The molecule has 25 heavy (non-hydrogen) atoms. The number of phenols is 1. The highest BCUT2D eigenvalue weighted by Gasteiger charge is 2.49. The van der Waals surface area contributed by atoms with Gasteiger partial charge in [0.05, 0.1) is 16.8 Å². The molecule has 2 unspecified atom stereocenters. The van der Waals surface area contributed by atoms with E-state index < -0.39 is 5.60 Å². The lowest BCUT2D eigenvalue weighted by molar-refractivity contribution is -0.0379. The van der Waals surface area contributed by atoms with Gasteiger partial charge in [-0.25, -0.2) is 9.78 Å². The molecule has 6 nitrogen and oxygen atoms in total. The van der Waals surface area contributed by atoms with E-state index in [0.717, 1.165) is 39.3 Å². The van der Waals surface area contributed by atoms with Gasteiger partial charge >= 0.3 is 6.09 Å². The third kappa shape index (κ3) is 2.95. The number of piperidine rings is 1. The van der Waals surface area contributed by atoms with Crippen LogP contribution in [0.1, 0.15) is 27.2 Å². The van der Waals surface area contributed by atoms with Crippen LogP contribution in [0.5, 0.6) is 5.75 Å². The summed E-state index contributed by atoms with van der Waals surface area (Å²) in [5.74, 6) is 0.250. The molecule has 2 aromatic rings. The van der Waals surface area contributed by atoms with Crippen LogP contribution >= 0.6 is 27.3 Å². The molecule has 0 aliphatic carbocycles. The van der Waals surface area contributed by atoms with E-state index >= 15 is 0 Å². The molecule has 3 fully saturated rings. The zero-order valence-corrected chi connectivity index (χ0v) is 16.7. The second-order valence-electron chi connectivity index (χ2n) is 7.58. The van der Waals surface area contributed by atoms with Crippen LogP contribution in [-0.2, 0) is 4.74 Å². The summed E-state index contributed by atoms with van der Waals surface area (Å²) in [7, 11) is 0. The number of aromatic nitrogens is 1. The lowest BCUT2D eigenvalue weighted by Crippen LogP contribution is -2.70. The average Bonchev–Trinajstić information content (AvgIpc) is 2.96. The number of thiazole rings is 1. The van der Waals surface area contributed by atoms with E-state index in [1.54, 1.807) is 12.1 Å². The molecule has 0 spiro atoms. The van der Waals surface area contributed by atoms with Gasteiger partial charge in [0.15, 0.2) is 5.13 Å². The Morgan fingerprint density at radius 2 is 2.04 bits per heavy atom. The third-order valence-electron chi connectivity index (χ3n) is 4.53. The second kappa shape index (κ2) is 5.74. The minimum Gasteiger partial charge on any atom is -0.506 e. The number of fused-ring (bicyclic) bond motifs is 3. The van der Waals surface area contributed by atoms with Crippen molar-refractivity contribution < 1.29 is 14.6 Å². The first-order valence-electron chi connectivity index (χ1n) is 8.27. The minimum absolute atomic E-state index is 0.164. The number of carbonyl (C=O) groups is 1. The Labute approximate surface area is 158 Å². The highest BCUT2D eigenvalue weighted by molar-refractivity contribution is 9.10. The summed E-state index contributed by atoms with van der Waals surface area (Å²) in [5, 5.41) is 10.9. The number of ether oxygens (including phenoxy) is 1. The second-order valence-corrected chi connectivity index (χ2v) is 9.41. The molecular weight excluding hydrogens is 406 g/mol. The van der Waals surface area contributed by atoms with Crippen LogP contribution in [0.4, 0.5) is 9.93 Å². The van der Waals surface area contributed by atoms with Gasteiger partial charge in [-0.3, -0.25) is 4.90 Å². The zero-order chi connectivity index (χ0) is 17.9. The van der Waals surface area contributed by atoms with E-state index in [1.807, 2.05) is 25.7 Å². The van der Waals surface area contributed by atoms with Crippen molar-refractivity contribution >= 4 is 48.7 Å². The van der Waals surface area contributed by atoms with Crippen LogP contribution in [0.25, 0.3) is 10.2 Å². The Hall–Kier alpha value is -1.54. The Bertz CT molecular complexity index is 797. The van der Waals surface area contributed by atoms with Crippen molar-refractivity contribution in [1.29, 1.82) is 0 Å². The van der Waals surface area contributed by atoms with Crippen molar-refractivity contribution in [3.05, 3.63) is 16.6 Å². The smallest absolute Gasteiger partial charge is 0.410 e. The Balaban J connectivity index is 1.52. The van der Waals surface area contributed by atoms with Crippen LogP contribution in [0, 0.1) is 0 Å². The average molecular weight is 426 g/mol. The molecule has 8 heteroatoms. The normalized spacial score (nSPS) is 22.9. The number of halogens is 1. The lowest BCUT2D eigenvalue weighted by atomic mass is 9.88. The number of benzene rings is 1. The van der Waals surface area contributed by atoms with Crippen LogP contribution in [0.3, 0.4) is 0 Å². The van der Waals surface area contributed by atoms with Gasteiger partial charge in [-0.05, 0) is 55.3 Å². The molecule has 1 N–H and O–H groups in total. The molecule has 1 aromatic heterocycles. The van der Waals surface area contributed by atoms with E-state index in [-0.39, 0.29) is 23.9 Å². The van der Waals surface area contributed by atoms with Crippen molar-refractivity contribution in [1.82, 2.24) is 9.88 Å². The Morgan fingerprint density at radius 3 is 2.64 bits per heavy atom. The summed E-state index contributed by atoms with van der Waals surface area (Å²) in [6.07, 6.45) is 0.786. The molecule has 1 aromatic carbocycles. The highest BCUT2D eigenvalue weighted by Crippen LogP contribution is 2.41. The molecule has 0 radical (unpaired) electrons. The number of phenolic OH excluding ortho intramolecular Hbond substituents is 1. The molecule has 3 saturated heterocycles. The van der Waals surface area contributed by atoms with Gasteiger partial charge in [-0.1, -0.05) is 11.3 Å². The van der Waals surface area contributed by atoms with E-state index in [2.05, 4.69) is 25.8 Å². The van der Waals surface area contributed by atoms with Crippen LogP contribution in [0.2, 0.25) is 0 Å². The molecule has 134 valence electrons. The lowest BCUT2D eigenvalue weighted by Gasteiger charge is -2.55. The first kappa shape index (κ1) is 16.9. The fraction of sp³-hybridized carbons (Fsp3) is 0.529. The van der Waals surface area contributed by atoms with Crippen molar-refractivity contribution in [2.45, 2.75) is 44.9 Å². The van der Waals surface area contributed by atoms with Crippen LogP contribution in [0.15, 0.2) is 16.6 Å². The molecule has 5 rings (SSSR count). The van der Waals surface area contributed by atoms with Crippen molar-refractivity contribution in [3.8, 4) is 5.75 Å². The number of hydrogen-bond acceptors (Lipinski definition) is 6. The number of aromatic hydroxyl groups is 1. The monoisotopic (exact) mass is 425 g/mol. The fourth-order valence-electron chi connectivity index (χ4n) is 3.46. The molecule has 0 saturated carbocycles. The Kier molecular flexibility index (Phi) is 3.88. The highest BCUT2D eigenvalue weighted by atomic mass is 79.9. The molecule has 4 heterocycles. The maximum atomic E-state index is 12.4. The number of rotatable bonds is 1. The predicted octanol–water partition coefficient (Wildman–Crippen LogP) is 3.96. The van der Waals surface area contributed by atoms with Crippen molar-refractivity contribution in [2.75, 3.05) is 18.0 Å². The molecule has 1 amide bonds. The number of amides is 1. The SMILES string of the molecule is CC(C)(C)OC(=O)N1C2CC1CN(c1nc3c(Br)ccc(O)c3s1)C2. The molecule has 2 bridgehead atoms. The number of hydrogen-bond donors (Lipinski definition) is 1. The number of piperazine rings is 1. The summed E-state index contributed by atoms with van der Waals surface area (Å²) in [5.41, 5.74) is 0.306. The van der Waals surface area contributed by atoms with E-state index in [4.69, 9.17) is 4.74 Å². The minimum atomic E-state index is -0.475. The number of anilines is 1. The first-order valence-corrected chi connectivity index (χ1v) is 9.88. The molecular formula is C17H20BrN3O3S. The van der Waals surface area contributed by atoms with Crippen LogP contribution in [-0.4, -0.2) is 51.9 Å². The molecule has 2 atom stereocenters. The first-order chi connectivity index (χ1) is 11.7. The van der Waals surface area contributed by atoms with Gasteiger partial charge in [0.1, 0.15) is 16.9 Å². The third-order valence-corrected chi connectivity index (χ3v) is 6.31. The standard InChI is InChI=1S/C17H20BrN3O3S/c1-17(2,3)24-16(23)21-9-6-10(21)8-20(7-9)15-19-13-11(18)4-5-12(22)14(13)25-15/h4-5,9-10,22H,6-8H2,1-3H3. The molecule has 3 aliphatic rings. The van der Waals surface area contributed by atoms with Crippen molar-refractivity contribution in [2.24, 2.45) is 0 Å². The van der Waals surface area contributed by atoms with Gasteiger partial charge in [-0.15, -0.1) is 0 Å². The predicted molar refractivity (Wildman–Crippen MR) is 101 cm³/mol.